The van der Waals surface area contributed by atoms with E-state index in [4.69, 9.17) is 4.74 Å². The molecular formula is C19H29N2O4Se. The number of rotatable bonds is 6. The third-order valence-corrected chi connectivity index (χ3v) is 8.31. The molecule has 145 valence electrons. The topological polar surface area (TPSA) is 72.7 Å². The summed E-state index contributed by atoms with van der Waals surface area (Å²) in [5.74, 6) is 0. The van der Waals surface area contributed by atoms with Crippen molar-refractivity contribution in [3.8, 4) is 0 Å². The average molecular weight is 428 g/mol. The molecule has 1 saturated heterocycles. The van der Waals surface area contributed by atoms with E-state index in [0.29, 0.717) is 11.7 Å². The van der Waals surface area contributed by atoms with Crippen LogP contribution in [0.1, 0.15) is 53.4 Å². The second kappa shape index (κ2) is 8.87. The summed E-state index contributed by atoms with van der Waals surface area (Å²) in [5.41, 5.74) is -0.538. The van der Waals surface area contributed by atoms with Crippen molar-refractivity contribution in [2.24, 2.45) is 0 Å². The predicted molar refractivity (Wildman–Crippen MR) is 103 cm³/mol. The number of hydrogen-bond donors (Lipinski definition) is 0. The number of likely N-dealkylation sites (tertiary alicyclic amines) is 1. The molecule has 1 unspecified atom stereocenters. The molecule has 1 aliphatic rings. The van der Waals surface area contributed by atoms with Crippen molar-refractivity contribution >= 4 is 24.7 Å². The Kier molecular flexibility index (Phi) is 7.07. The van der Waals surface area contributed by atoms with Crippen LogP contribution in [0, 0.1) is 10.1 Å². The summed E-state index contributed by atoms with van der Waals surface area (Å²) in [7, 11) is 0. The zero-order valence-corrected chi connectivity index (χ0v) is 17.7. The molecule has 6 nitrogen and oxygen atoms in total. The molecule has 0 aliphatic carbocycles. The zero-order chi connectivity index (χ0) is 19.3. The Balaban J connectivity index is 2.08. The zero-order valence-electron chi connectivity index (χ0n) is 16.0. The van der Waals surface area contributed by atoms with Gasteiger partial charge < -0.3 is 0 Å². The second-order valence-electron chi connectivity index (χ2n) is 7.58. The molecule has 2 rings (SSSR count). The van der Waals surface area contributed by atoms with Gasteiger partial charge in [-0.3, -0.25) is 0 Å². The first-order chi connectivity index (χ1) is 12.2. The number of amides is 1. The first-order valence-corrected chi connectivity index (χ1v) is 12.0. The maximum atomic E-state index is 12.7. The summed E-state index contributed by atoms with van der Waals surface area (Å²) in [5, 5.41) is 12.1. The van der Waals surface area contributed by atoms with Gasteiger partial charge in [0, 0.05) is 0 Å². The van der Waals surface area contributed by atoms with Crippen molar-refractivity contribution < 1.29 is 13.5 Å². The van der Waals surface area contributed by atoms with Crippen molar-refractivity contribution in [3.63, 3.8) is 0 Å². The van der Waals surface area contributed by atoms with E-state index in [1.807, 2.05) is 56.0 Å². The number of nitro groups is 1. The second-order valence-corrected chi connectivity index (χ2v) is 11.6. The quantitative estimate of drug-likeness (QED) is 0.393. The predicted octanol–water partition coefficient (Wildman–Crippen LogP) is 3.73. The fourth-order valence-electron chi connectivity index (χ4n) is 3.36. The Labute approximate surface area is 160 Å². The van der Waals surface area contributed by atoms with Crippen LogP contribution in [0.5, 0.6) is 0 Å². The van der Waals surface area contributed by atoms with E-state index in [9.17, 15) is 14.9 Å². The molecule has 0 N–H and O–H groups in total. The number of nitrogens with zero attached hydrogens (tertiary/aromatic N) is 2. The number of benzene rings is 1. The van der Waals surface area contributed by atoms with Crippen LogP contribution in [-0.4, -0.2) is 46.7 Å². The van der Waals surface area contributed by atoms with E-state index in [-0.39, 0.29) is 22.1 Å². The summed E-state index contributed by atoms with van der Waals surface area (Å²) >= 11 is -2.15. The van der Waals surface area contributed by atoms with Crippen molar-refractivity contribution in [3.05, 3.63) is 40.4 Å². The van der Waals surface area contributed by atoms with Crippen LogP contribution in [0.25, 0.3) is 0 Å². The Morgan fingerprint density at radius 3 is 2.42 bits per heavy atom. The van der Waals surface area contributed by atoms with Crippen LogP contribution in [0.2, 0.25) is 5.32 Å². The van der Waals surface area contributed by atoms with Crippen molar-refractivity contribution in [1.82, 2.24) is 4.90 Å². The van der Waals surface area contributed by atoms with Gasteiger partial charge in [-0.2, -0.15) is 0 Å². The summed E-state index contributed by atoms with van der Waals surface area (Å²) in [6.07, 6.45) is 3.08. The average Bonchev–Trinajstić information content (AvgIpc) is 2.97. The van der Waals surface area contributed by atoms with Gasteiger partial charge in [0.15, 0.2) is 0 Å². The molecule has 1 amide bonds. The Bertz CT molecular complexity index is 618. The molecule has 0 spiro atoms. The molecule has 1 aromatic rings. The van der Waals surface area contributed by atoms with Gasteiger partial charge >= 0.3 is 160 Å². The molecule has 0 saturated carbocycles. The minimum absolute atomic E-state index is 0.0321. The fourth-order valence-corrected chi connectivity index (χ4v) is 6.56. The van der Waals surface area contributed by atoms with E-state index in [0.717, 1.165) is 23.7 Å². The molecule has 1 heterocycles. The van der Waals surface area contributed by atoms with E-state index < -0.39 is 19.7 Å². The van der Waals surface area contributed by atoms with E-state index >= 15 is 0 Å². The number of hydrogen-bond acceptors (Lipinski definition) is 4. The van der Waals surface area contributed by atoms with Crippen LogP contribution in [0.3, 0.4) is 0 Å². The van der Waals surface area contributed by atoms with E-state index in [1.54, 1.807) is 0 Å². The first-order valence-electron chi connectivity index (χ1n) is 9.14. The van der Waals surface area contributed by atoms with Gasteiger partial charge in [0.1, 0.15) is 0 Å². The Hall–Kier alpha value is -1.59. The summed E-state index contributed by atoms with van der Waals surface area (Å²) < 4.78 is 6.33. The number of carbonyl (C=O) groups excluding carboxylic acids is 1. The van der Waals surface area contributed by atoms with Gasteiger partial charge in [0.25, 0.3) is 0 Å². The number of carbonyl (C=O) groups is 1. The van der Waals surface area contributed by atoms with Crippen molar-refractivity contribution in [2.75, 3.05) is 0 Å². The normalized spacial score (nSPS) is 20.4. The Morgan fingerprint density at radius 1 is 1.27 bits per heavy atom. The summed E-state index contributed by atoms with van der Waals surface area (Å²) in [6.45, 7) is 7.66. The van der Waals surface area contributed by atoms with Crippen molar-refractivity contribution in [1.29, 1.82) is 0 Å². The van der Waals surface area contributed by atoms with Gasteiger partial charge in [0.2, 0.25) is 0 Å². The standard InChI is InChI=1S/C19H29N2O4Se/c1-5-15-11-12-16(20(15)18(22)25-19(2,3)4)13-14-26(21(23)24)17-9-7-6-8-10-17/h6-10,15-16H,5,11-14H2,1-4H3/t15-,16?/m1/s1. The first kappa shape index (κ1) is 20.7. The van der Waals surface area contributed by atoms with Crippen LogP contribution in [0.4, 0.5) is 4.79 Å². The SMILES string of the molecule is CC[C@@H]1CCC(CC[Se](c2ccccc2)[N+](=O)[O-])N1C(=O)OC(C)(C)C. The third-order valence-electron chi connectivity index (χ3n) is 4.54. The number of ether oxygens (including phenoxy) is 1. The van der Waals surface area contributed by atoms with Gasteiger partial charge in [-0.25, -0.2) is 0 Å². The monoisotopic (exact) mass is 429 g/mol. The minimum atomic E-state index is -2.15. The molecule has 1 fully saturated rings. The van der Waals surface area contributed by atoms with Crippen LogP contribution < -0.4 is 4.46 Å². The van der Waals surface area contributed by atoms with Gasteiger partial charge in [-0.05, 0) is 0 Å². The van der Waals surface area contributed by atoms with Gasteiger partial charge in [-0.1, -0.05) is 0 Å². The van der Waals surface area contributed by atoms with Gasteiger partial charge in [0.05, 0.1) is 0 Å². The molecule has 26 heavy (non-hydrogen) atoms. The van der Waals surface area contributed by atoms with Crippen molar-refractivity contribution in [2.45, 2.75) is 76.4 Å². The van der Waals surface area contributed by atoms with Gasteiger partial charge in [-0.15, -0.1) is 0 Å². The van der Waals surface area contributed by atoms with E-state index in [2.05, 4.69) is 6.92 Å². The third kappa shape index (κ3) is 5.45. The Morgan fingerprint density at radius 2 is 1.88 bits per heavy atom. The summed E-state index contributed by atoms with van der Waals surface area (Å²) in [4.78, 5) is 26.1. The molecule has 0 bridgehead atoms. The maximum absolute atomic E-state index is 12.7. The van der Waals surface area contributed by atoms with Crippen LogP contribution >= 0.6 is 0 Å². The summed E-state index contributed by atoms with van der Waals surface area (Å²) in [6, 6.07) is 9.48. The van der Waals surface area contributed by atoms with Crippen LogP contribution in [-0.2, 0) is 4.74 Å². The molecule has 1 radical (unpaired) electrons. The molecule has 0 aromatic heterocycles. The molecule has 1 aliphatic heterocycles. The fraction of sp³-hybridized carbons (Fsp3) is 0.632. The molecule has 7 heteroatoms. The molecule has 2 atom stereocenters. The molecule has 1 aromatic carbocycles. The van der Waals surface area contributed by atoms with E-state index in [1.165, 1.54) is 0 Å². The molecular weight excluding hydrogens is 399 g/mol. The van der Waals surface area contributed by atoms with Crippen LogP contribution in [0.15, 0.2) is 30.3 Å².